The standard InChI is InChI=1S/C14H8N2O3S/c17-14-11-3-1-2-4-12(11)15-13(20-14)9-5-7-10(8-6-9)16(18)19/h1-8H. The molecule has 0 aliphatic heterocycles. The van der Waals surface area contributed by atoms with E-state index in [2.05, 4.69) is 4.98 Å². The Labute approximate surface area is 117 Å². The molecule has 0 saturated heterocycles. The largest absolute Gasteiger partial charge is 0.277 e. The Balaban J connectivity index is 2.14. The Morgan fingerprint density at radius 1 is 1.05 bits per heavy atom. The molecule has 1 heterocycles. The Kier molecular flexibility index (Phi) is 3.00. The molecule has 98 valence electrons. The molecule has 3 aromatic rings. The van der Waals surface area contributed by atoms with Gasteiger partial charge in [-0.3, -0.25) is 14.9 Å². The zero-order valence-corrected chi connectivity index (χ0v) is 11.0. The quantitative estimate of drug-likeness (QED) is 0.535. The minimum atomic E-state index is -0.458. The highest BCUT2D eigenvalue weighted by Gasteiger charge is 2.09. The summed E-state index contributed by atoms with van der Waals surface area (Å²) in [6.45, 7) is 0. The van der Waals surface area contributed by atoms with Gasteiger partial charge in [0.2, 0.25) is 4.74 Å². The molecular weight excluding hydrogens is 276 g/mol. The number of hydrogen-bond acceptors (Lipinski definition) is 5. The van der Waals surface area contributed by atoms with Crippen LogP contribution in [-0.2, 0) is 0 Å². The fourth-order valence-electron chi connectivity index (χ4n) is 1.87. The summed E-state index contributed by atoms with van der Waals surface area (Å²) in [4.78, 5) is 26.6. The minimum Gasteiger partial charge on any atom is -0.277 e. The fraction of sp³-hybridized carbons (Fsp3) is 0. The van der Waals surface area contributed by atoms with E-state index in [1.807, 2.05) is 6.07 Å². The van der Waals surface area contributed by atoms with Gasteiger partial charge in [0.05, 0.1) is 15.8 Å². The number of non-ortho nitro benzene ring substituents is 1. The van der Waals surface area contributed by atoms with E-state index in [9.17, 15) is 14.9 Å². The van der Waals surface area contributed by atoms with E-state index in [1.165, 1.54) is 12.1 Å². The van der Waals surface area contributed by atoms with E-state index in [-0.39, 0.29) is 10.4 Å². The first-order valence-electron chi connectivity index (χ1n) is 5.80. The number of fused-ring (bicyclic) bond motifs is 1. The fourth-order valence-corrected chi connectivity index (χ4v) is 2.72. The molecule has 0 N–H and O–H groups in total. The molecule has 0 unspecified atom stereocenters. The summed E-state index contributed by atoms with van der Waals surface area (Å²) >= 11 is 1.04. The molecule has 6 heteroatoms. The molecular formula is C14H8N2O3S. The SMILES string of the molecule is O=c1sc(-c2ccc([N+](=O)[O-])cc2)nc2ccccc12. The third-order valence-electron chi connectivity index (χ3n) is 2.86. The molecule has 20 heavy (non-hydrogen) atoms. The molecule has 1 aromatic heterocycles. The van der Waals surface area contributed by atoms with Crippen molar-refractivity contribution in [3.63, 3.8) is 0 Å². The van der Waals surface area contributed by atoms with E-state index >= 15 is 0 Å². The second-order valence-corrected chi connectivity index (χ2v) is 5.09. The van der Waals surface area contributed by atoms with Crippen LogP contribution in [0.25, 0.3) is 21.5 Å². The zero-order chi connectivity index (χ0) is 14.1. The van der Waals surface area contributed by atoms with E-state index in [1.54, 1.807) is 30.3 Å². The summed E-state index contributed by atoms with van der Waals surface area (Å²) in [5, 5.41) is 11.8. The molecule has 0 bridgehead atoms. The normalized spacial score (nSPS) is 10.6. The first-order chi connectivity index (χ1) is 9.65. The van der Waals surface area contributed by atoms with Crippen LogP contribution in [0.15, 0.2) is 53.3 Å². The predicted molar refractivity (Wildman–Crippen MR) is 78.0 cm³/mol. The molecule has 0 aliphatic rings. The van der Waals surface area contributed by atoms with Crippen molar-refractivity contribution in [2.45, 2.75) is 0 Å². The van der Waals surface area contributed by atoms with Gasteiger partial charge >= 0.3 is 0 Å². The zero-order valence-electron chi connectivity index (χ0n) is 10.1. The average Bonchev–Trinajstić information content (AvgIpc) is 2.47. The summed E-state index contributed by atoms with van der Waals surface area (Å²) in [6.07, 6.45) is 0. The first-order valence-corrected chi connectivity index (χ1v) is 6.61. The lowest BCUT2D eigenvalue weighted by atomic mass is 10.2. The Bertz CT molecular complexity index is 856. The molecule has 3 rings (SSSR count). The van der Waals surface area contributed by atoms with Crippen molar-refractivity contribution in [1.82, 2.24) is 4.98 Å². The van der Waals surface area contributed by atoms with Gasteiger partial charge in [-0.15, -0.1) is 0 Å². The van der Waals surface area contributed by atoms with Crippen molar-refractivity contribution in [2.75, 3.05) is 0 Å². The van der Waals surface area contributed by atoms with Crippen LogP contribution in [0, 0.1) is 10.1 Å². The van der Waals surface area contributed by atoms with Crippen LogP contribution in [0.2, 0.25) is 0 Å². The highest BCUT2D eigenvalue weighted by atomic mass is 32.1. The number of nitro benzene ring substituents is 1. The van der Waals surface area contributed by atoms with Crippen LogP contribution in [0.5, 0.6) is 0 Å². The Hall–Kier alpha value is -2.60. The second kappa shape index (κ2) is 4.82. The van der Waals surface area contributed by atoms with Crippen molar-refractivity contribution >= 4 is 27.9 Å². The smallest absolute Gasteiger partial charge is 0.269 e. The maximum atomic E-state index is 12.0. The first kappa shape index (κ1) is 12.4. The molecule has 2 aromatic carbocycles. The van der Waals surface area contributed by atoms with Crippen LogP contribution in [0.1, 0.15) is 0 Å². The lowest BCUT2D eigenvalue weighted by Gasteiger charge is -2.01. The predicted octanol–water partition coefficient (Wildman–Crippen LogP) is 3.23. The number of nitrogens with zero attached hydrogens (tertiary/aromatic N) is 2. The summed E-state index contributed by atoms with van der Waals surface area (Å²) in [5.74, 6) is 0. The number of aromatic nitrogens is 1. The summed E-state index contributed by atoms with van der Waals surface area (Å²) in [7, 11) is 0. The number of para-hydroxylation sites is 1. The van der Waals surface area contributed by atoms with Crippen molar-refractivity contribution in [1.29, 1.82) is 0 Å². The van der Waals surface area contributed by atoms with E-state index in [0.717, 1.165) is 11.3 Å². The van der Waals surface area contributed by atoms with E-state index in [0.29, 0.717) is 21.5 Å². The highest BCUT2D eigenvalue weighted by Crippen LogP contribution is 2.24. The van der Waals surface area contributed by atoms with Gasteiger partial charge in [0.15, 0.2) is 0 Å². The molecule has 5 nitrogen and oxygen atoms in total. The van der Waals surface area contributed by atoms with Gasteiger partial charge in [-0.1, -0.05) is 23.5 Å². The van der Waals surface area contributed by atoms with E-state index in [4.69, 9.17) is 0 Å². The molecule has 0 spiro atoms. The lowest BCUT2D eigenvalue weighted by Crippen LogP contribution is -1.98. The number of hydrogen-bond donors (Lipinski definition) is 0. The summed E-state index contributed by atoms with van der Waals surface area (Å²) in [6, 6.07) is 13.1. The maximum Gasteiger partial charge on any atom is 0.269 e. The molecule has 0 amide bonds. The number of benzene rings is 2. The van der Waals surface area contributed by atoms with Crippen LogP contribution in [0.3, 0.4) is 0 Å². The van der Waals surface area contributed by atoms with Crippen LogP contribution in [-0.4, -0.2) is 9.91 Å². The van der Waals surface area contributed by atoms with Gasteiger partial charge in [0.1, 0.15) is 5.01 Å². The third-order valence-corrected chi connectivity index (χ3v) is 3.79. The van der Waals surface area contributed by atoms with Crippen LogP contribution in [0.4, 0.5) is 5.69 Å². The van der Waals surface area contributed by atoms with Crippen molar-refractivity contribution < 1.29 is 4.92 Å². The van der Waals surface area contributed by atoms with Gasteiger partial charge in [0.25, 0.3) is 5.69 Å². The summed E-state index contributed by atoms with van der Waals surface area (Å²) in [5.41, 5.74) is 1.34. The molecule has 0 atom stereocenters. The van der Waals surface area contributed by atoms with Crippen LogP contribution >= 0.6 is 11.3 Å². The lowest BCUT2D eigenvalue weighted by molar-refractivity contribution is -0.384. The number of rotatable bonds is 2. The topological polar surface area (TPSA) is 73.1 Å². The number of nitro groups is 1. The van der Waals surface area contributed by atoms with Crippen LogP contribution < -0.4 is 4.74 Å². The van der Waals surface area contributed by atoms with Crippen molar-refractivity contribution in [2.24, 2.45) is 0 Å². The minimum absolute atomic E-state index is 0.0156. The van der Waals surface area contributed by atoms with Gasteiger partial charge in [-0.05, 0) is 24.3 Å². The Morgan fingerprint density at radius 3 is 2.45 bits per heavy atom. The van der Waals surface area contributed by atoms with Crippen molar-refractivity contribution in [3.8, 4) is 10.6 Å². The maximum absolute atomic E-state index is 12.0. The van der Waals surface area contributed by atoms with Gasteiger partial charge < -0.3 is 0 Å². The van der Waals surface area contributed by atoms with Gasteiger partial charge in [0, 0.05) is 17.7 Å². The monoisotopic (exact) mass is 284 g/mol. The highest BCUT2D eigenvalue weighted by molar-refractivity contribution is 7.13. The van der Waals surface area contributed by atoms with Gasteiger partial charge in [-0.25, -0.2) is 4.98 Å². The average molecular weight is 284 g/mol. The third kappa shape index (κ3) is 2.17. The van der Waals surface area contributed by atoms with Gasteiger partial charge in [-0.2, -0.15) is 0 Å². The van der Waals surface area contributed by atoms with E-state index < -0.39 is 4.92 Å². The second-order valence-electron chi connectivity index (χ2n) is 4.13. The molecule has 0 aliphatic carbocycles. The molecule has 0 radical (unpaired) electrons. The molecule has 0 saturated carbocycles. The Morgan fingerprint density at radius 2 is 1.75 bits per heavy atom. The summed E-state index contributed by atoms with van der Waals surface area (Å²) < 4.78 is -0.0658. The van der Waals surface area contributed by atoms with Crippen molar-refractivity contribution in [3.05, 3.63) is 68.2 Å². The molecule has 0 fully saturated rings.